The van der Waals surface area contributed by atoms with Crippen LogP contribution in [-0.4, -0.2) is 4.98 Å². The molecule has 0 spiro atoms. The quantitative estimate of drug-likeness (QED) is 0.562. The Bertz CT molecular complexity index is 457. The first-order valence-electron chi connectivity index (χ1n) is 3.86. The first kappa shape index (κ1) is 7.00. The van der Waals surface area contributed by atoms with Gasteiger partial charge in [0, 0.05) is 22.2 Å². The van der Waals surface area contributed by atoms with Crippen molar-refractivity contribution in [1.29, 1.82) is 0 Å². The summed E-state index contributed by atoms with van der Waals surface area (Å²) in [6, 6.07) is 8.02. The van der Waals surface area contributed by atoms with E-state index < -0.39 is 0 Å². The van der Waals surface area contributed by atoms with Gasteiger partial charge in [0.2, 0.25) is 0 Å². The van der Waals surface area contributed by atoms with Gasteiger partial charge in [-0.15, -0.1) is 6.42 Å². The van der Waals surface area contributed by atoms with E-state index in [1.54, 1.807) is 0 Å². The van der Waals surface area contributed by atoms with Crippen LogP contribution < -0.4 is 0 Å². The summed E-state index contributed by atoms with van der Waals surface area (Å²) in [5.74, 6) is 2.66. The smallest absolute Gasteiger partial charge is 0.0468 e. The molecule has 1 aromatic heterocycles. The third kappa shape index (κ3) is 0.895. The summed E-state index contributed by atoms with van der Waals surface area (Å²) in [5, 5.41) is 1.14. The fraction of sp³-hybridized carbons (Fsp3) is 0.0909. The number of terminal acetylenes is 1. The first-order chi connectivity index (χ1) is 5.81. The number of rotatable bonds is 0. The average molecular weight is 155 g/mol. The van der Waals surface area contributed by atoms with Crippen LogP contribution in [0.15, 0.2) is 24.3 Å². The van der Waals surface area contributed by atoms with Crippen molar-refractivity contribution in [1.82, 2.24) is 4.98 Å². The highest BCUT2D eigenvalue weighted by Crippen LogP contribution is 2.18. The predicted octanol–water partition coefficient (Wildman–Crippen LogP) is 2.46. The Hall–Kier alpha value is -1.68. The second kappa shape index (κ2) is 2.42. The van der Waals surface area contributed by atoms with Crippen molar-refractivity contribution in [2.24, 2.45) is 0 Å². The minimum Gasteiger partial charge on any atom is -0.359 e. The number of benzene rings is 1. The monoisotopic (exact) mass is 155 g/mol. The molecule has 0 bridgehead atoms. The van der Waals surface area contributed by atoms with E-state index in [0.29, 0.717) is 0 Å². The van der Waals surface area contributed by atoms with E-state index in [1.165, 1.54) is 0 Å². The summed E-state index contributed by atoms with van der Waals surface area (Å²) >= 11 is 0. The zero-order valence-electron chi connectivity index (χ0n) is 6.89. The lowest BCUT2D eigenvalue weighted by Gasteiger charge is -1.91. The second-order valence-corrected chi connectivity index (χ2v) is 2.86. The molecule has 58 valence electrons. The van der Waals surface area contributed by atoms with Gasteiger partial charge < -0.3 is 4.98 Å². The molecule has 0 atom stereocenters. The van der Waals surface area contributed by atoms with Crippen molar-refractivity contribution >= 4 is 10.9 Å². The molecular weight excluding hydrogens is 146 g/mol. The normalized spacial score (nSPS) is 10.0. The standard InChI is InChI=1S/C11H9N/c1-3-9-5-4-6-11-10(9)7-8(2)12-11/h1,4-7,12H,2H3. The van der Waals surface area contributed by atoms with Gasteiger partial charge in [-0.1, -0.05) is 12.0 Å². The Kier molecular flexibility index (Phi) is 1.41. The molecule has 1 N–H and O–H groups in total. The number of hydrogen-bond acceptors (Lipinski definition) is 0. The minimum atomic E-state index is 0.955. The van der Waals surface area contributed by atoms with Crippen molar-refractivity contribution in [3.63, 3.8) is 0 Å². The van der Waals surface area contributed by atoms with Crippen LogP contribution in [0.5, 0.6) is 0 Å². The Morgan fingerprint density at radius 3 is 3.00 bits per heavy atom. The zero-order valence-corrected chi connectivity index (χ0v) is 6.89. The van der Waals surface area contributed by atoms with E-state index in [2.05, 4.69) is 17.0 Å². The Morgan fingerprint density at radius 1 is 1.42 bits per heavy atom. The Labute approximate surface area is 71.4 Å². The van der Waals surface area contributed by atoms with Gasteiger partial charge in [-0.05, 0) is 25.1 Å². The van der Waals surface area contributed by atoms with Gasteiger partial charge in [0.05, 0.1) is 0 Å². The topological polar surface area (TPSA) is 15.8 Å². The molecule has 0 fully saturated rings. The highest BCUT2D eigenvalue weighted by molar-refractivity contribution is 5.86. The lowest BCUT2D eigenvalue weighted by molar-refractivity contribution is 1.30. The van der Waals surface area contributed by atoms with E-state index in [1.807, 2.05) is 25.1 Å². The van der Waals surface area contributed by atoms with Crippen molar-refractivity contribution in [2.75, 3.05) is 0 Å². The molecule has 0 radical (unpaired) electrons. The van der Waals surface area contributed by atoms with E-state index in [4.69, 9.17) is 6.42 Å². The fourth-order valence-electron chi connectivity index (χ4n) is 1.42. The van der Waals surface area contributed by atoms with Crippen LogP contribution in [0, 0.1) is 19.3 Å². The fourth-order valence-corrected chi connectivity index (χ4v) is 1.42. The largest absolute Gasteiger partial charge is 0.359 e. The molecule has 0 amide bonds. The van der Waals surface area contributed by atoms with Gasteiger partial charge in [0.15, 0.2) is 0 Å². The molecule has 1 heteroatoms. The van der Waals surface area contributed by atoms with Gasteiger partial charge >= 0.3 is 0 Å². The molecule has 0 saturated heterocycles. The summed E-state index contributed by atoms with van der Waals surface area (Å²) < 4.78 is 0. The molecule has 2 aromatic rings. The second-order valence-electron chi connectivity index (χ2n) is 2.86. The van der Waals surface area contributed by atoms with E-state index in [-0.39, 0.29) is 0 Å². The molecule has 12 heavy (non-hydrogen) atoms. The SMILES string of the molecule is C#Cc1cccc2[nH]c(C)cc12. The lowest BCUT2D eigenvalue weighted by atomic mass is 10.1. The van der Waals surface area contributed by atoms with E-state index >= 15 is 0 Å². The molecule has 1 aromatic carbocycles. The molecule has 0 aliphatic carbocycles. The predicted molar refractivity (Wildman–Crippen MR) is 51.0 cm³/mol. The van der Waals surface area contributed by atoms with Crippen molar-refractivity contribution < 1.29 is 0 Å². The molecule has 0 unspecified atom stereocenters. The summed E-state index contributed by atoms with van der Waals surface area (Å²) in [4.78, 5) is 3.24. The summed E-state index contributed by atoms with van der Waals surface area (Å²) in [7, 11) is 0. The van der Waals surface area contributed by atoms with Crippen LogP contribution in [-0.2, 0) is 0 Å². The third-order valence-corrected chi connectivity index (χ3v) is 1.95. The summed E-state index contributed by atoms with van der Waals surface area (Å²) in [5.41, 5.74) is 3.22. The van der Waals surface area contributed by atoms with Crippen molar-refractivity contribution in [2.45, 2.75) is 6.92 Å². The molecular formula is C11H9N. The maximum atomic E-state index is 5.36. The molecule has 1 heterocycles. The van der Waals surface area contributed by atoms with Crippen LogP contribution in [0.25, 0.3) is 10.9 Å². The van der Waals surface area contributed by atoms with Crippen molar-refractivity contribution in [3.8, 4) is 12.3 Å². The number of fused-ring (bicyclic) bond motifs is 1. The Balaban J connectivity index is 2.89. The van der Waals surface area contributed by atoms with Gasteiger partial charge in [0.1, 0.15) is 0 Å². The van der Waals surface area contributed by atoms with Crippen LogP contribution in [0.1, 0.15) is 11.3 Å². The first-order valence-corrected chi connectivity index (χ1v) is 3.86. The van der Waals surface area contributed by atoms with E-state index in [0.717, 1.165) is 22.2 Å². The van der Waals surface area contributed by atoms with E-state index in [9.17, 15) is 0 Å². The number of aryl methyl sites for hydroxylation is 1. The number of nitrogens with one attached hydrogen (secondary N) is 1. The number of aromatic amines is 1. The Morgan fingerprint density at radius 2 is 2.25 bits per heavy atom. The maximum Gasteiger partial charge on any atom is 0.0468 e. The van der Waals surface area contributed by atoms with Crippen molar-refractivity contribution in [3.05, 3.63) is 35.5 Å². The lowest BCUT2D eigenvalue weighted by Crippen LogP contribution is -1.73. The molecule has 0 aliphatic heterocycles. The zero-order chi connectivity index (χ0) is 8.55. The highest BCUT2D eigenvalue weighted by atomic mass is 14.7. The summed E-state index contributed by atoms with van der Waals surface area (Å²) in [6.07, 6.45) is 5.36. The third-order valence-electron chi connectivity index (χ3n) is 1.95. The maximum absolute atomic E-state index is 5.36. The van der Waals surface area contributed by atoms with Gasteiger partial charge in [-0.3, -0.25) is 0 Å². The number of hydrogen-bond donors (Lipinski definition) is 1. The van der Waals surface area contributed by atoms with Crippen LogP contribution >= 0.6 is 0 Å². The van der Waals surface area contributed by atoms with Crippen LogP contribution in [0.3, 0.4) is 0 Å². The minimum absolute atomic E-state index is 0.955. The molecule has 0 aliphatic rings. The molecule has 1 nitrogen and oxygen atoms in total. The number of aromatic nitrogens is 1. The summed E-state index contributed by atoms with van der Waals surface area (Å²) in [6.45, 7) is 2.03. The highest BCUT2D eigenvalue weighted by Gasteiger charge is 1.99. The van der Waals surface area contributed by atoms with Gasteiger partial charge in [-0.2, -0.15) is 0 Å². The van der Waals surface area contributed by atoms with Crippen LogP contribution in [0.4, 0.5) is 0 Å². The van der Waals surface area contributed by atoms with Crippen LogP contribution in [0.2, 0.25) is 0 Å². The number of H-pyrrole nitrogens is 1. The molecule has 2 rings (SSSR count). The average Bonchev–Trinajstić information content (AvgIpc) is 2.44. The van der Waals surface area contributed by atoms with Gasteiger partial charge in [0.25, 0.3) is 0 Å². The van der Waals surface area contributed by atoms with Gasteiger partial charge in [-0.25, -0.2) is 0 Å². The molecule has 0 saturated carbocycles.